The van der Waals surface area contributed by atoms with E-state index in [4.69, 9.17) is 9.47 Å². The van der Waals surface area contributed by atoms with E-state index in [0.29, 0.717) is 5.92 Å². The molecule has 0 aromatic heterocycles. The maximum absolute atomic E-state index is 11.1. The fourth-order valence-corrected chi connectivity index (χ4v) is 4.43. The topological polar surface area (TPSA) is 41.9 Å². The summed E-state index contributed by atoms with van der Waals surface area (Å²) < 4.78 is 10.9. The number of fused-ring (bicyclic) bond motifs is 3. The van der Waals surface area contributed by atoms with Crippen molar-refractivity contribution in [1.29, 1.82) is 0 Å². The number of hydrogen-bond donors (Lipinski definition) is 1. The Morgan fingerprint density at radius 2 is 1.91 bits per heavy atom. The van der Waals surface area contributed by atoms with Crippen LogP contribution in [0, 0.1) is 5.92 Å². The molecule has 0 radical (unpaired) electrons. The molecule has 0 bridgehead atoms. The summed E-state index contributed by atoms with van der Waals surface area (Å²) in [4.78, 5) is 2.55. The Hall–Kier alpha value is -1.26. The fraction of sp³-hybridized carbons (Fsp3) is 0.684. The molecule has 1 aromatic carbocycles. The first-order valence-corrected chi connectivity index (χ1v) is 8.77. The summed E-state index contributed by atoms with van der Waals surface area (Å²) in [6.45, 7) is 6.34. The van der Waals surface area contributed by atoms with E-state index in [2.05, 4.69) is 30.9 Å². The van der Waals surface area contributed by atoms with Gasteiger partial charge in [-0.1, -0.05) is 13.8 Å². The highest BCUT2D eigenvalue weighted by atomic mass is 16.5. The van der Waals surface area contributed by atoms with Crippen molar-refractivity contribution in [2.45, 2.75) is 51.2 Å². The minimum atomic E-state index is -0.558. The van der Waals surface area contributed by atoms with Gasteiger partial charge in [-0.05, 0) is 48.9 Å². The number of methoxy groups -OCH3 is 2. The molecule has 128 valence electrons. The van der Waals surface area contributed by atoms with Crippen molar-refractivity contribution in [2.24, 2.45) is 5.92 Å². The highest BCUT2D eigenvalue weighted by Crippen LogP contribution is 2.47. The lowest BCUT2D eigenvalue weighted by molar-refractivity contribution is -0.101. The summed E-state index contributed by atoms with van der Waals surface area (Å²) in [6, 6.07) is 4.52. The second kappa shape index (κ2) is 6.33. The summed E-state index contributed by atoms with van der Waals surface area (Å²) >= 11 is 0. The fourth-order valence-electron chi connectivity index (χ4n) is 4.43. The van der Waals surface area contributed by atoms with E-state index in [1.165, 1.54) is 11.1 Å². The summed E-state index contributed by atoms with van der Waals surface area (Å²) in [5.41, 5.74) is 2.07. The second-order valence-corrected chi connectivity index (χ2v) is 6.93. The van der Waals surface area contributed by atoms with Crippen LogP contribution in [-0.2, 0) is 6.42 Å². The monoisotopic (exact) mass is 319 g/mol. The molecule has 1 saturated heterocycles. The van der Waals surface area contributed by atoms with Gasteiger partial charge in [0.1, 0.15) is 0 Å². The van der Waals surface area contributed by atoms with E-state index in [9.17, 15) is 5.11 Å². The van der Waals surface area contributed by atoms with E-state index in [1.54, 1.807) is 14.2 Å². The van der Waals surface area contributed by atoms with Gasteiger partial charge in [0.25, 0.3) is 0 Å². The highest BCUT2D eigenvalue weighted by Gasteiger charge is 2.45. The molecule has 1 fully saturated rings. The maximum atomic E-state index is 11.1. The normalized spacial score (nSPS) is 30.5. The van der Waals surface area contributed by atoms with Crippen LogP contribution in [0.3, 0.4) is 0 Å². The molecule has 3 rings (SSSR count). The van der Waals surface area contributed by atoms with Crippen LogP contribution in [-0.4, -0.2) is 42.9 Å². The van der Waals surface area contributed by atoms with Crippen LogP contribution in [0.15, 0.2) is 12.1 Å². The summed E-state index contributed by atoms with van der Waals surface area (Å²) in [6.07, 6.45) is 3.70. The van der Waals surface area contributed by atoms with Crippen molar-refractivity contribution in [3.05, 3.63) is 23.3 Å². The maximum Gasteiger partial charge on any atom is 0.161 e. The van der Waals surface area contributed by atoms with Gasteiger partial charge in [0.2, 0.25) is 0 Å². The molecule has 0 saturated carbocycles. The molecule has 1 N–H and O–H groups in total. The third-order valence-corrected chi connectivity index (χ3v) is 5.98. The molecule has 0 spiro atoms. The standard InChI is InChI=1S/C19H29NO3/c1-5-14-12-20-8-7-13-9-17(22-3)18(23-4)10-15(13)16(20)11-19(14,21)6-2/h9-10,14,16,21H,5-8,11-12H2,1-4H3. The molecule has 4 nitrogen and oxygen atoms in total. The summed E-state index contributed by atoms with van der Waals surface area (Å²) in [5.74, 6) is 1.95. The Morgan fingerprint density at radius 1 is 1.22 bits per heavy atom. The number of aliphatic hydroxyl groups is 1. The van der Waals surface area contributed by atoms with Crippen LogP contribution in [0.2, 0.25) is 0 Å². The van der Waals surface area contributed by atoms with Crippen LogP contribution >= 0.6 is 0 Å². The molecule has 23 heavy (non-hydrogen) atoms. The smallest absolute Gasteiger partial charge is 0.161 e. The first kappa shape index (κ1) is 16.6. The molecule has 4 heteroatoms. The van der Waals surface area contributed by atoms with E-state index >= 15 is 0 Å². The number of hydrogen-bond acceptors (Lipinski definition) is 4. The largest absolute Gasteiger partial charge is 0.493 e. The number of nitrogens with zero attached hydrogens (tertiary/aromatic N) is 1. The number of benzene rings is 1. The SMILES string of the molecule is CCC1CN2CCc3cc(OC)c(OC)cc3C2CC1(O)CC. The van der Waals surface area contributed by atoms with Gasteiger partial charge < -0.3 is 14.6 Å². The van der Waals surface area contributed by atoms with Crippen molar-refractivity contribution in [3.63, 3.8) is 0 Å². The first-order valence-electron chi connectivity index (χ1n) is 8.77. The molecule has 2 aliphatic rings. The van der Waals surface area contributed by atoms with Gasteiger partial charge in [-0.2, -0.15) is 0 Å². The Labute approximate surface area is 139 Å². The average Bonchev–Trinajstić information content (AvgIpc) is 2.59. The van der Waals surface area contributed by atoms with Gasteiger partial charge in [0, 0.05) is 25.0 Å². The van der Waals surface area contributed by atoms with Crippen LogP contribution in [0.1, 0.15) is 50.3 Å². The zero-order valence-electron chi connectivity index (χ0n) is 14.8. The van der Waals surface area contributed by atoms with Crippen LogP contribution < -0.4 is 9.47 Å². The molecule has 3 unspecified atom stereocenters. The van der Waals surface area contributed by atoms with Crippen molar-refractivity contribution >= 4 is 0 Å². The zero-order chi connectivity index (χ0) is 16.6. The number of ether oxygens (including phenoxy) is 2. The molecule has 0 aliphatic carbocycles. The van der Waals surface area contributed by atoms with Gasteiger partial charge in [-0.15, -0.1) is 0 Å². The predicted octanol–water partition coefficient (Wildman–Crippen LogP) is 3.17. The molecule has 1 aromatic rings. The lowest BCUT2D eigenvalue weighted by atomic mass is 9.71. The molecule has 2 heterocycles. The highest BCUT2D eigenvalue weighted by molar-refractivity contribution is 5.49. The van der Waals surface area contributed by atoms with Crippen molar-refractivity contribution in [2.75, 3.05) is 27.3 Å². The van der Waals surface area contributed by atoms with Crippen LogP contribution in [0.25, 0.3) is 0 Å². The van der Waals surface area contributed by atoms with Gasteiger partial charge in [-0.25, -0.2) is 0 Å². The van der Waals surface area contributed by atoms with Gasteiger partial charge >= 0.3 is 0 Å². The lowest BCUT2D eigenvalue weighted by Crippen LogP contribution is -2.54. The summed E-state index contributed by atoms with van der Waals surface area (Å²) in [5, 5.41) is 11.1. The lowest BCUT2D eigenvalue weighted by Gasteiger charge is -2.51. The van der Waals surface area contributed by atoms with Crippen LogP contribution in [0.4, 0.5) is 0 Å². The average molecular weight is 319 g/mol. The number of piperidine rings is 1. The van der Waals surface area contributed by atoms with Gasteiger partial charge in [0.05, 0.1) is 19.8 Å². The van der Waals surface area contributed by atoms with E-state index < -0.39 is 5.60 Å². The van der Waals surface area contributed by atoms with Crippen molar-refractivity contribution in [1.82, 2.24) is 4.90 Å². The molecule has 3 atom stereocenters. The Morgan fingerprint density at radius 3 is 2.52 bits per heavy atom. The minimum absolute atomic E-state index is 0.284. The molecule has 2 aliphatic heterocycles. The minimum Gasteiger partial charge on any atom is -0.493 e. The molecular weight excluding hydrogens is 290 g/mol. The molecule has 0 amide bonds. The third kappa shape index (κ3) is 2.72. The Balaban J connectivity index is 1.99. The third-order valence-electron chi connectivity index (χ3n) is 5.98. The Bertz CT molecular complexity index is 574. The summed E-state index contributed by atoms with van der Waals surface area (Å²) in [7, 11) is 3.36. The van der Waals surface area contributed by atoms with Gasteiger partial charge in [-0.3, -0.25) is 4.90 Å². The van der Waals surface area contributed by atoms with Crippen LogP contribution in [0.5, 0.6) is 11.5 Å². The predicted molar refractivity (Wildman–Crippen MR) is 91.2 cm³/mol. The first-order chi connectivity index (χ1) is 11.1. The second-order valence-electron chi connectivity index (χ2n) is 6.93. The molecular formula is C19H29NO3. The van der Waals surface area contributed by atoms with E-state index in [1.807, 2.05) is 0 Å². The quantitative estimate of drug-likeness (QED) is 0.925. The van der Waals surface area contributed by atoms with E-state index in [-0.39, 0.29) is 6.04 Å². The van der Waals surface area contributed by atoms with Gasteiger partial charge in [0.15, 0.2) is 11.5 Å². The van der Waals surface area contributed by atoms with Crippen molar-refractivity contribution < 1.29 is 14.6 Å². The van der Waals surface area contributed by atoms with E-state index in [0.717, 1.165) is 50.3 Å². The number of rotatable bonds is 4. The van der Waals surface area contributed by atoms with Crippen molar-refractivity contribution in [3.8, 4) is 11.5 Å². The Kier molecular flexibility index (Phi) is 4.56. The zero-order valence-corrected chi connectivity index (χ0v) is 14.8.